The fourth-order valence-electron chi connectivity index (χ4n) is 2.40. The quantitative estimate of drug-likeness (QED) is 0.686. The minimum atomic E-state index is -0.296. The molecule has 0 bridgehead atoms. The lowest BCUT2D eigenvalue weighted by Gasteiger charge is -2.35. The van der Waals surface area contributed by atoms with Crippen LogP contribution in [-0.2, 0) is 9.59 Å². The zero-order valence-corrected chi connectivity index (χ0v) is 9.94. The molecule has 6 heteroatoms. The zero-order valence-electron chi connectivity index (χ0n) is 9.94. The predicted molar refractivity (Wildman–Crippen MR) is 60.1 cm³/mol. The summed E-state index contributed by atoms with van der Waals surface area (Å²) in [6, 6.07) is -0.346. The number of hydrogen-bond donors (Lipinski definition) is 1. The first-order chi connectivity index (χ1) is 8.13. The van der Waals surface area contributed by atoms with Gasteiger partial charge in [0.05, 0.1) is 6.54 Å². The maximum absolute atomic E-state index is 11.5. The molecule has 2 aliphatic heterocycles. The van der Waals surface area contributed by atoms with Crippen molar-refractivity contribution in [3.63, 3.8) is 0 Å². The van der Waals surface area contributed by atoms with E-state index in [-0.39, 0.29) is 30.4 Å². The summed E-state index contributed by atoms with van der Waals surface area (Å²) in [4.78, 5) is 37.6. The lowest BCUT2D eigenvalue weighted by molar-refractivity contribution is -0.133. The van der Waals surface area contributed by atoms with Crippen LogP contribution < -0.4 is 5.32 Å². The molecule has 0 aliphatic carbocycles. The van der Waals surface area contributed by atoms with Crippen molar-refractivity contribution in [1.82, 2.24) is 15.1 Å². The molecule has 94 valence electrons. The number of amides is 4. The first-order valence-electron chi connectivity index (χ1n) is 6.01. The Hall–Kier alpha value is -1.59. The van der Waals surface area contributed by atoms with E-state index >= 15 is 0 Å². The molecule has 0 aromatic carbocycles. The zero-order chi connectivity index (χ0) is 12.4. The number of carbonyl (C=O) groups is 3. The summed E-state index contributed by atoms with van der Waals surface area (Å²) in [5.41, 5.74) is 0. The minimum absolute atomic E-state index is 0.0501. The van der Waals surface area contributed by atoms with Crippen molar-refractivity contribution >= 4 is 17.8 Å². The molecule has 2 saturated heterocycles. The molecular formula is C11H17N3O3. The Morgan fingerprint density at radius 3 is 2.47 bits per heavy atom. The largest absolute Gasteiger partial charge is 0.343 e. The smallest absolute Gasteiger partial charge is 0.324 e. The van der Waals surface area contributed by atoms with Gasteiger partial charge in [0.15, 0.2) is 0 Å². The van der Waals surface area contributed by atoms with Crippen LogP contribution in [0.25, 0.3) is 0 Å². The summed E-state index contributed by atoms with van der Waals surface area (Å²) in [6.45, 7) is 3.21. The summed E-state index contributed by atoms with van der Waals surface area (Å²) in [6.07, 6.45) is 1.88. The van der Waals surface area contributed by atoms with Crippen LogP contribution in [0.4, 0.5) is 4.79 Å². The van der Waals surface area contributed by atoms with E-state index in [1.54, 1.807) is 4.90 Å². The van der Waals surface area contributed by atoms with Crippen LogP contribution in [0.1, 0.15) is 26.2 Å². The van der Waals surface area contributed by atoms with Gasteiger partial charge in [-0.15, -0.1) is 0 Å². The van der Waals surface area contributed by atoms with Gasteiger partial charge in [0, 0.05) is 25.6 Å². The Morgan fingerprint density at radius 1 is 1.35 bits per heavy atom. The number of carbonyl (C=O) groups excluding carboxylic acids is 3. The van der Waals surface area contributed by atoms with Gasteiger partial charge < -0.3 is 10.2 Å². The molecule has 0 unspecified atom stereocenters. The highest BCUT2D eigenvalue weighted by Crippen LogP contribution is 2.19. The molecule has 0 radical (unpaired) electrons. The van der Waals surface area contributed by atoms with E-state index < -0.39 is 0 Å². The number of nitrogens with zero attached hydrogens (tertiary/aromatic N) is 2. The summed E-state index contributed by atoms with van der Waals surface area (Å²) in [7, 11) is 0. The normalized spacial score (nSPS) is 21.9. The number of hydrogen-bond acceptors (Lipinski definition) is 3. The third-order valence-corrected chi connectivity index (χ3v) is 3.36. The van der Waals surface area contributed by atoms with Crippen molar-refractivity contribution in [2.24, 2.45) is 0 Å². The summed E-state index contributed by atoms with van der Waals surface area (Å²) in [5.74, 6) is -0.0177. The molecule has 6 nitrogen and oxygen atoms in total. The first kappa shape index (κ1) is 11.9. The van der Waals surface area contributed by atoms with Gasteiger partial charge in [-0.3, -0.25) is 14.5 Å². The maximum atomic E-state index is 11.5. The molecule has 2 aliphatic rings. The molecular weight excluding hydrogens is 222 g/mol. The molecule has 0 aromatic heterocycles. The van der Waals surface area contributed by atoms with Crippen molar-refractivity contribution in [3.05, 3.63) is 0 Å². The molecule has 0 spiro atoms. The third kappa shape index (κ3) is 2.25. The number of imide groups is 1. The van der Waals surface area contributed by atoms with Crippen LogP contribution in [0.2, 0.25) is 0 Å². The van der Waals surface area contributed by atoms with Crippen molar-refractivity contribution in [1.29, 1.82) is 0 Å². The van der Waals surface area contributed by atoms with Crippen LogP contribution in [-0.4, -0.2) is 53.3 Å². The van der Waals surface area contributed by atoms with Gasteiger partial charge in [0.25, 0.3) is 0 Å². The van der Waals surface area contributed by atoms with Gasteiger partial charge in [-0.2, -0.15) is 0 Å². The van der Waals surface area contributed by atoms with E-state index in [1.165, 1.54) is 4.90 Å². The number of urea groups is 1. The predicted octanol–water partition coefficient (Wildman–Crippen LogP) is -0.0608. The summed E-state index contributed by atoms with van der Waals surface area (Å²) in [5, 5.41) is 2.52. The Morgan fingerprint density at radius 2 is 2.00 bits per heavy atom. The van der Waals surface area contributed by atoms with Crippen molar-refractivity contribution < 1.29 is 14.4 Å². The average Bonchev–Trinajstić information content (AvgIpc) is 2.68. The molecule has 2 rings (SSSR count). The van der Waals surface area contributed by atoms with Gasteiger partial charge in [-0.25, -0.2) is 4.79 Å². The van der Waals surface area contributed by atoms with Crippen LogP contribution >= 0.6 is 0 Å². The number of rotatable bonds is 2. The lowest BCUT2D eigenvalue weighted by atomic mass is 10.0. The second-order valence-electron chi connectivity index (χ2n) is 4.39. The van der Waals surface area contributed by atoms with E-state index in [9.17, 15) is 14.4 Å². The Kier molecular flexibility index (Phi) is 3.31. The lowest BCUT2D eigenvalue weighted by Crippen LogP contribution is -2.48. The van der Waals surface area contributed by atoms with E-state index in [4.69, 9.17) is 0 Å². The number of nitrogens with one attached hydrogen (secondary N) is 1. The summed E-state index contributed by atoms with van der Waals surface area (Å²) < 4.78 is 0. The van der Waals surface area contributed by atoms with E-state index in [1.807, 2.05) is 6.92 Å². The Balaban J connectivity index is 1.93. The SMILES string of the molecule is CCC(=O)N1CCC(N2C(=O)CNC2=O)CC1. The van der Waals surface area contributed by atoms with E-state index in [0.29, 0.717) is 32.4 Å². The maximum Gasteiger partial charge on any atom is 0.324 e. The highest BCUT2D eigenvalue weighted by atomic mass is 16.2. The van der Waals surface area contributed by atoms with Crippen molar-refractivity contribution in [3.8, 4) is 0 Å². The minimum Gasteiger partial charge on any atom is -0.343 e. The van der Waals surface area contributed by atoms with Crippen LogP contribution in [0, 0.1) is 0 Å². The standard InChI is InChI=1S/C11H17N3O3/c1-2-9(15)13-5-3-8(4-6-13)14-10(16)7-12-11(14)17/h8H,2-7H2,1H3,(H,12,17). The summed E-state index contributed by atoms with van der Waals surface area (Å²) >= 11 is 0. The molecule has 0 saturated carbocycles. The number of piperidine rings is 1. The molecule has 17 heavy (non-hydrogen) atoms. The van der Waals surface area contributed by atoms with Gasteiger partial charge in [0.2, 0.25) is 11.8 Å². The molecule has 0 atom stereocenters. The molecule has 4 amide bonds. The second-order valence-corrected chi connectivity index (χ2v) is 4.39. The molecule has 2 heterocycles. The van der Waals surface area contributed by atoms with Gasteiger partial charge in [-0.1, -0.05) is 6.92 Å². The Labute approximate surface area is 99.9 Å². The average molecular weight is 239 g/mol. The molecule has 2 fully saturated rings. The second kappa shape index (κ2) is 4.73. The topological polar surface area (TPSA) is 69.7 Å². The molecule has 0 aromatic rings. The highest BCUT2D eigenvalue weighted by molar-refractivity contribution is 6.02. The van der Waals surface area contributed by atoms with Crippen LogP contribution in [0.3, 0.4) is 0 Å². The van der Waals surface area contributed by atoms with Crippen molar-refractivity contribution in [2.45, 2.75) is 32.2 Å². The van der Waals surface area contributed by atoms with Crippen molar-refractivity contribution in [2.75, 3.05) is 19.6 Å². The van der Waals surface area contributed by atoms with Gasteiger partial charge in [0.1, 0.15) is 0 Å². The van der Waals surface area contributed by atoms with E-state index in [0.717, 1.165) is 0 Å². The van der Waals surface area contributed by atoms with E-state index in [2.05, 4.69) is 5.32 Å². The third-order valence-electron chi connectivity index (χ3n) is 3.36. The highest BCUT2D eigenvalue weighted by Gasteiger charge is 2.36. The molecule has 1 N–H and O–H groups in total. The monoisotopic (exact) mass is 239 g/mol. The fraction of sp³-hybridized carbons (Fsp3) is 0.727. The van der Waals surface area contributed by atoms with Crippen LogP contribution in [0.5, 0.6) is 0 Å². The van der Waals surface area contributed by atoms with Gasteiger partial charge >= 0.3 is 6.03 Å². The van der Waals surface area contributed by atoms with Crippen LogP contribution in [0.15, 0.2) is 0 Å². The van der Waals surface area contributed by atoms with Gasteiger partial charge in [-0.05, 0) is 12.8 Å². The number of likely N-dealkylation sites (tertiary alicyclic amines) is 1. The fourth-order valence-corrected chi connectivity index (χ4v) is 2.40. The first-order valence-corrected chi connectivity index (χ1v) is 6.01. The Bertz CT molecular complexity index is 332.